The lowest BCUT2D eigenvalue weighted by atomic mass is 10.1. The maximum atomic E-state index is 11.7. The van der Waals surface area contributed by atoms with Crippen molar-refractivity contribution in [3.8, 4) is 0 Å². The third kappa shape index (κ3) is 5.50. The molecule has 1 aliphatic heterocycles. The van der Waals surface area contributed by atoms with Gasteiger partial charge < -0.3 is 14.2 Å². The molecule has 0 aromatic heterocycles. The number of hydrogen-bond donors (Lipinski definition) is 0. The second-order valence-corrected chi connectivity index (χ2v) is 6.09. The van der Waals surface area contributed by atoms with Gasteiger partial charge in [0.2, 0.25) is 0 Å². The first-order valence-electron chi connectivity index (χ1n) is 6.15. The lowest BCUT2D eigenvalue weighted by Gasteiger charge is -2.39. The highest BCUT2D eigenvalue weighted by molar-refractivity contribution is 5.70. The maximum absolute atomic E-state index is 11.7. The predicted molar refractivity (Wildman–Crippen MR) is 64.6 cm³/mol. The van der Waals surface area contributed by atoms with Gasteiger partial charge in [-0.1, -0.05) is 0 Å². The predicted octanol–water partition coefficient (Wildman–Crippen LogP) is 2.65. The molecule has 1 fully saturated rings. The van der Waals surface area contributed by atoms with E-state index < -0.39 is 11.4 Å². The number of ether oxygens (including phenoxy) is 3. The monoisotopic (exact) mass is 244 g/mol. The van der Waals surface area contributed by atoms with Crippen LogP contribution in [-0.4, -0.2) is 29.6 Å². The molecular weight excluding hydrogens is 220 g/mol. The first-order chi connectivity index (χ1) is 7.57. The average molecular weight is 244 g/mol. The number of hydrogen-bond acceptors (Lipinski definition) is 4. The lowest BCUT2D eigenvalue weighted by Crippen LogP contribution is -2.44. The van der Waals surface area contributed by atoms with E-state index >= 15 is 0 Å². The molecule has 1 unspecified atom stereocenters. The fourth-order valence-corrected chi connectivity index (χ4v) is 2.07. The van der Waals surface area contributed by atoms with E-state index in [1.54, 1.807) is 0 Å². The first kappa shape index (κ1) is 14.5. The lowest BCUT2D eigenvalue weighted by molar-refractivity contribution is -0.296. The van der Waals surface area contributed by atoms with Crippen molar-refractivity contribution in [3.63, 3.8) is 0 Å². The van der Waals surface area contributed by atoms with Gasteiger partial charge in [-0.05, 0) is 41.5 Å². The second kappa shape index (κ2) is 4.94. The highest BCUT2D eigenvalue weighted by atomic mass is 16.7. The van der Waals surface area contributed by atoms with Crippen LogP contribution in [0.1, 0.15) is 54.4 Å². The van der Waals surface area contributed by atoms with Crippen LogP contribution >= 0.6 is 0 Å². The van der Waals surface area contributed by atoms with Crippen LogP contribution in [0.2, 0.25) is 0 Å². The van der Waals surface area contributed by atoms with Crippen LogP contribution in [0.25, 0.3) is 0 Å². The van der Waals surface area contributed by atoms with E-state index in [-0.39, 0.29) is 24.6 Å². The summed E-state index contributed by atoms with van der Waals surface area (Å²) in [5.74, 6) is -0.836. The standard InChI is InChI=1S/C13H24O4/c1-9-7-10(16-13(5,6)15-9)8-11(14)17-12(2,3)4/h9-10H,7-8H2,1-6H3/t9-,10?/m1/s1. The molecule has 0 amide bonds. The molecular formula is C13H24O4. The van der Waals surface area contributed by atoms with E-state index in [1.165, 1.54) is 0 Å². The third-order valence-corrected chi connectivity index (χ3v) is 2.34. The summed E-state index contributed by atoms with van der Waals surface area (Å²) in [7, 11) is 0. The van der Waals surface area contributed by atoms with Crippen molar-refractivity contribution >= 4 is 5.97 Å². The largest absolute Gasteiger partial charge is 0.460 e. The van der Waals surface area contributed by atoms with Crippen LogP contribution < -0.4 is 0 Å². The number of rotatable bonds is 2. The zero-order valence-corrected chi connectivity index (χ0v) is 11.7. The Morgan fingerprint density at radius 1 is 1.35 bits per heavy atom. The van der Waals surface area contributed by atoms with Crippen LogP contribution in [-0.2, 0) is 19.0 Å². The van der Waals surface area contributed by atoms with Crippen LogP contribution in [0.3, 0.4) is 0 Å². The topological polar surface area (TPSA) is 44.8 Å². The first-order valence-corrected chi connectivity index (χ1v) is 6.15. The summed E-state index contributed by atoms with van der Waals surface area (Å²) in [6, 6.07) is 0. The van der Waals surface area contributed by atoms with Crippen molar-refractivity contribution < 1.29 is 19.0 Å². The molecule has 0 saturated carbocycles. The molecule has 4 nitrogen and oxygen atoms in total. The summed E-state index contributed by atoms with van der Waals surface area (Å²) < 4.78 is 16.6. The Kier molecular flexibility index (Phi) is 4.20. The highest BCUT2D eigenvalue weighted by Crippen LogP contribution is 2.28. The Hall–Kier alpha value is -0.610. The molecule has 0 aromatic carbocycles. The van der Waals surface area contributed by atoms with Gasteiger partial charge in [-0.15, -0.1) is 0 Å². The summed E-state index contributed by atoms with van der Waals surface area (Å²) in [5.41, 5.74) is -0.441. The summed E-state index contributed by atoms with van der Waals surface area (Å²) in [5, 5.41) is 0. The molecule has 1 aliphatic rings. The van der Waals surface area contributed by atoms with Crippen molar-refractivity contribution in [3.05, 3.63) is 0 Å². The number of carbonyl (C=O) groups is 1. The molecule has 17 heavy (non-hydrogen) atoms. The van der Waals surface area contributed by atoms with Gasteiger partial charge in [0.1, 0.15) is 5.60 Å². The third-order valence-electron chi connectivity index (χ3n) is 2.34. The molecule has 2 atom stereocenters. The second-order valence-electron chi connectivity index (χ2n) is 6.09. The minimum Gasteiger partial charge on any atom is -0.460 e. The quantitative estimate of drug-likeness (QED) is 0.700. The van der Waals surface area contributed by atoms with Gasteiger partial charge in [-0.2, -0.15) is 0 Å². The summed E-state index contributed by atoms with van der Waals surface area (Å²) in [4.78, 5) is 11.7. The molecule has 1 saturated heterocycles. The normalized spacial score (nSPS) is 28.8. The van der Waals surface area contributed by atoms with E-state index in [9.17, 15) is 4.79 Å². The van der Waals surface area contributed by atoms with Crippen molar-refractivity contribution in [2.24, 2.45) is 0 Å². The SMILES string of the molecule is C[C@@H]1CC(CC(=O)OC(C)(C)C)OC(C)(C)O1. The molecule has 1 heterocycles. The summed E-state index contributed by atoms with van der Waals surface area (Å²) in [6.07, 6.45) is 0.992. The van der Waals surface area contributed by atoms with E-state index in [0.717, 1.165) is 6.42 Å². The molecule has 0 bridgehead atoms. The van der Waals surface area contributed by atoms with Gasteiger partial charge in [0, 0.05) is 6.42 Å². The Morgan fingerprint density at radius 2 is 1.94 bits per heavy atom. The fraction of sp³-hybridized carbons (Fsp3) is 0.923. The van der Waals surface area contributed by atoms with Gasteiger partial charge in [0.15, 0.2) is 5.79 Å². The fourth-order valence-electron chi connectivity index (χ4n) is 2.07. The molecule has 0 aromatic rings. The van der Waals surface area contributed by atoms with Gasteiger partial charge in [0.05, 0.1) is 18.6 Å². The van der Waals surface area contributed by atoms with Gasteiger partial charge in [-0.25, -0.2) is 0 Å². The van der Waals surface area contributed by atoms with Crippen LogP contribution in [0, 0.1) is 0 Å². The van der Waals surface area contributed by atoms with E-state index in [0.29, 0.717) is 0 Å². The van der Waals surface area contributed by atoms with Crippen molar-refractivity contribution in [2.45, 2.75) is 78.0 Å². The van der Waals surface area contributed by atoms with Crippen LogP contribution in [0.4, 0.5) is 0 Å². The summed E-state index contributed by atoms with van der Waals surface area (Å²) >= 11 is 0. The van der Waals surface area contributed by atoms with Gasteiger partial charge in [0.25, 0.3) is 0 Å². The van der Waals surface area contributed by atoms with Gasteiger partial charge >= 0.3 is 5.97 Å². The van der Waals surface area contributed by atoms with Crippen LogP contribution in [0.5, 0.6) is 0 Å². The Labute approximate surface area is 104 Å². The van der Waals surface area contributed by atoms with Crippen molar-refractivity contribution in [1.82, 2.24) is 0 Å². The smallest absolute Gasteiger partial charge is 0.308 e. The van der Waals surface area contributed by atoms with Crippen molar-refractivity contribution in [2.75, 3.05) is 0 Å². The Balaban J connectivity index is 2.49. The zero-order valence-electron chi connectivity index (χ0n) is 11.7. The molecule has 0 radical (unpaired) electrons. The van der Waals surface area contributed by atoms with Crippen molar-refractivity contribution in [1.29, 1.82) is 0 Å². The molecule has 0 spiro atoms. The minimum atomic E-state index is -0.621. The van der Waals surface area contributed by atoms with E-state index in [1.807, 2.05) is 41.5 Å². The zero-order chi connectivity index (χ0) is 13.3. The molecule has 4 heteroatoms. The number of carbonyl (C=O) groups excluding carboxylic acids is 1. The maximum Gasteiger partial charge on any atom is 0.308 e. The van der Waals surface area contributed by atoms with E-state index in [2.05, 4.69) is 0 Å². The summed E-state index contributed by atoms with van der Waals surface area (Å²) in [6.45, 7) is 11.3. The van der Waals surface area contributed by atoms with Gasteiger partial charge in [-0.3, -0.25) is 4.79 Å². The van der Waals surface area contributed by atoms with E-state index in [4.69, 9.17) is 14.2 Å². The molecule has 100 valence electrons. The average Bonchev–Trinajstić information content (AvgIpc) is 1.93. The van der Waals surface area contributed by atoms with Crippen LogP contribution in [0.15, 0.2) is 0 Å². The molecule has 0 aliphatic carbocycles. The Bertz CT molecular complexity index is 278. The number of esters is 1. The highest BCUT2D eigenvalue weighted by Gasteiger charge is 2.35. The minimum absolute atomic E-state index is 0.103. The molecule has 1 rings (SSSR count). The molecule has 0 N–H and O–H groups in total. The Morgan fingerprint density at radius 3 is 2.41 bits per heavy atom.